The molecule has 0 saturated carbocycles. The van der Waals surface area contributed by atoms with Gasteiger partial charge in [-0.05, 0) is 23.8 Å². The molecule has 0 aliphatic heterocycles. The van der Waals surface area contributed by atoms with Gasteiger partial charge in [-0.25, -0.2) is 0 Å². The zero-order valence-electron chi connectivity index (χ0n) is 12.2. The number of nitro benzene ring substituents is 1. The predicted octanol–water partition coefficient (Wildman–Crippen LogP) is 1.53. The molecule has 116 valence electrons. The summed E-state index contributed by atoms with van der Waals surface area (Å²) in [6, 6.07) is 9.55. The monoisotopic (exact) mass is 303 g/mol. The molecule has 0 radical (unpaired) electrons. The maximum Gasteiger partial charge on any atom is 0.269 e. The van der Waals surface area contributed by atoms with Gasteiger partial charge in [0, 0.05) is 37.9 Å². The highest BCUT2D eigenvalue weighted by Crippen LogP contribution is 2.21. The van der Waals surface area contributed by atoms with Gasteiger partial charge in [-0.1, -0.05) is 6.07 Å². The Labute approximate surface area is 127 Å². The second-order valence-electron chi connectivity index (χ2n) is 4.70. The number of ether oxygens (including phenoxy) is 1. The highest BCUT2D eigenvalue weighted by molar-refractivity contribution is 5.61. The van der Waals surface area contributed by atoms with Crippen LogP contribution in [0.1, 0.15) is 5.56 Å². The Morgan fingerprint density at radius 2 is 1.91 bits per heavy atom. The van der Waals surface area contributed by atoms with Crippen molar-refractivity contribution in [3.63, 3.8) is 0 Å². The number of pyridine rings is 1. The van der Waals surface area contributed by atoms with Crippen molar-refractivity contribution in [2.24, 2.45) is 5.73 Å². The molecule has 0 saturated heterocycles. The third-order valence-electron chi connectivity index (χ3n) is 3.37. The van der Waals surface area contributed by atoms with E-state index in [0.717, 1.165) is 5.56 Å². The highest BCUT2D eigenvalue weighted by Gasteiger charge is 2.11. The van der Waals surface area contributed by atoms with Gasteiger partial charge in [0.2, 0.25) is 0 Å². The van der Waals surface area contributed by atoms with Crippen molar-refractivity contribution in [2.75, 3.05) is 13.7 Å². The number of nitrogens with zero attached hydrogens (tertiary/aromatic N) is 2. The quantitative estimate of drug-likeness (QED) is 0.644. The van der Waals surface area contributed by atoms with E-state index in [-0.39, 0.29) is 17.8 Å². The van der Waals surface area contributed by atoms with Gasteiger partial charge in [0.05, 0.1) is 17.2 Å². The fraction of sp³-hybridized carbons (Fsp3) is 0.267. The maximum absolute atomic E-state index is 12.4. The average Bonchev–Trinajstić information content (AvgIpc) is 2.53. The summed E-state index contributed by atoms with van der Waals surface area (Å²) in [7, 11) is 1.56. The van der Waals surface area contributed by atoms with Crippen molar-refractivity contribution in [1.82, 2.24) is 4.57 Å². The molecule has 1 heterocycles. The van der Waals surface area contributed by atoms with Crippen LogP contribution in [0.4, 0.5) is 5.69 Å². The zero-order chi connectivity index (χ0) is 16.1. The number of rotatable bonds is 6. The molecule has 0 atom stereocenters. The summed E-state index contributed by atoms with van der Waals surface area (Å²) in [5, 5.41) is 10.7. The first-order chi connectivity index (χ1) is 10.6. The highest BCUT2D eigenvalue weighted by atomic mass is 16.6. The average molecular weight is 303 g/mol. The molecule has 0 fully saturated rings. The van der Waals surface area contributed by atoms with Crippen molar-refractivity contribution in [2.45, 2.75) is 13.1 Å². The Bertz CT molecular complexity index is 723. The normalized spacial score (nSPS) is 10.6. The summed E-state index contributed by atoms with van der Waals surface area (Å²) in [4.78, 5) is 22.6. The van der Waals surface area contributed by atoms with Gasteiger partial charge < -0.3 is 15.0 Å². The van der Waals surface area contributed by atoms with Gasteiger partial charge in [-0.2, -0.15) is 0 Å². The van der Waals surface area contributed by atoms with E-state index in [1.54, 1.807) is 35.9 Å². The fourth-order valence-corrected chi connectivity index (χ4v) is 2.19. The molecule has 7 nitrogen and oxygen atoms in total. The number of methoxy groups -OCH3 is 1. The van der Waals surface area contributed by atoms with Crippen molar-refractivity contribution in [3.05, 3.63) is 62.4 Å². The molecule has 1 aromatic carbocycles. The summed E-state index contributed by atoms with van der Waals surface area (Å²) in [6.45, 7) is 0.926. The molecular weight excluding hydrogens is 286 g/mol. The first-order valence-corrected chi connectivity index (χ1v) is 6.75. The summed E-state index contributed by atoms with van der Waals surface area (Å²) in [5.74, 6) is 0. The Morgan fingerprint density at radius 1 is 1.23 bits per heavy atom. The lowest BCUT2D eigenvalue weighted by molar-refractivity contribution is -0.384. The molecule has 0 bridgehead atoms. The Balaban J connectivity index is 2.51. The summed E-state index contributed by atoms with van der Waals surface area (Å²) in [5.41, 5.74) is 7.32. The maximum atomic E-state index is 12.4. The minimum absolute atomic E-state index is 0.00752. The van der Waals surface area contributed by atoms with Crippen molar-refractivity contribution >= 4 is 5.69 Å². The summed E-state index contributed by atoms with van der Waals surface area (Å²) in [6.07, 6.45) is 0. The molecule has 2 aromatic rings. The zero-order valence-corrected chi connectivity index (χ0v) is 12.2. The molecule has 2 N–H and O–H groups in total. The smallest absolute Gasteiger partial charge is 0.269 e. The second-order valence-corrected chi connectivity index (χ2v) is 4.70. The van der Waals surface area contributed by atoms with E-state index in [4.69, 9.17) is 10.5 Å². The molecule has 22 heavy (non-hydrogen) atoms. The van der Waals surface area contributed by atoms with E-state index >= 15 is 0 Å². The molecule has 0 aliphatic carbocycles. The van der Waals surface area contributed by atoms with Crippen LogP contribution in [0.15, 0.2) is 41.2 Å². The van der Waals surface area contributed by atoms with Crippen LogP contribution >= 0.6 is 0 Å². The first kappa shape index (κ1) is 15.9. The van der Waals surface area contributed by atoms with E-state index in [1.165, 1.54) is 12.1 Å². The Hall–Kier alpha value is -2.51. The largest absolute Gasteiger partial charge is 0.383 e. The number of benzene rings is 1. The number of hydrogen-bond acceptors (Lipinski definition) is 5. The molecule has 0 spiro atoms. The number of non-ortho nitro benzene ring substituents is 1. The number of nitrogens with two attached hydrogens (primary N) is 1. The summed E-state index contributed by atoms with van der Waals surface area (Å²) < 4.78 is 6.61. The van der Waals surface area contributed by atoms with Gasteiger partial charge >= 0.3 is 0 Å². The number of aromatic nitrogens is 1. The Morgan fingerprint density at radius 3 is 2.45 bits per heavy atom. The van der Waals surface area contributed by atoms with Crippen LogP contribution < -0.4 is 11.3 Å². The van der Waals surface area contributed by atoms with E-state index in [2.05, 4.69) is 0 Å². The predicted molar refractivity (Wildman–Crippen MR) is 82.6 cm³/mol. The third kappa shape index (κ3) is 3.21. The lowest BCUT2D eigenvalue weighted by Crippen LogP contribution is -2.28. The third-order valence-corrected chi connectivity index (χ3v) is 3.37. The van der Waals surface area contributed by atoms with E-state index in [1.807, 2.05) is 0 Å². The van der Waals surface area contributed by atoms with Crippen LogP contribution in [0.5, 0.6) is 0 Å². The van der Waals surface area contributed by atoms with Crippen LogP contribution in [0, 0.1) is 10.1 Å². The number of hydrogen-bond donors (Lipinski definition) is 1. The van der Waals surface area contributed by atoms with E-state index < -0.39 is 4.92 Å². The standard InChI is InChI=1S/C15H17N3O4/c1-22-9-8-17-14(7-4-12(10-16)15(17)19)11-2-5-13(6-3-11)18(20)21/h2-7H,8-10,16H2,1H3. The molecule has 0 aliphatic rings. The molecule has 2 rings (SSSR count). The number of nitro groups is 1. The fourth-order valence-electron chi connectivity index (χ4n) is 2.19. The first-order valence-electron chi connectivity index (χ1n) is 6.75. The minimum atomic E-state index is -0.459. The lowest BCUT2D eigenvalue weighted by atomic mass is 10.1. The SMILES string of the molecule is COCCn1c(-c2ccc([N+](=O)[O-])cc2)ccc(CN)c1=O. The molecule has 7 heteroatoms. The van der Waals surface area contributed by atoms with Gasteiger partial charge in [0.1, 0.15) is 0 Å². The Kier molecular flexibility index (Phi) is 5.03. The van der Waals surface area contributed by atoms with Crippen molar-refractivity contribution in [1.29, 1.82) is 0 Å². The van der Waals surface area contributed by atoms with Crippen LogP contribution in [0.3, 0.4) is 0 Å². The molecule has 0 amide bonds. The van der Waals surface area contributed by atoms with E-state index in [0.29, 0.717) is 24.4 Å². The topological polar surface area (TPSA) is 100 Å². The second kappa shape index (κ2) is 6.97. The van der Waals surface area contributed by atoms with Gasteiger partial charge in [0.15, 0.2) is 0 Å². The van der Waals surface area contributed by atoms with Crippen LogP contribution in [-0.2, 0) is 17.8 Å². The van der Waals surface area contributed by atoms with E-state index in [9.17, 15) is 14.9 Å². The van der Waals surface area contributed by atoms with Gasteiger partial charge in [-0.3, -0.25) is 14.9 Å². The van der Waals surface area contributed by atoms with Crippen LogP contribution in [0.2, 0.25) is 0 Å². The van der Waals surface area contributed by atoms with Gasteiger partial charge in [-0.15, -0.1) is 0 Å². The lowest BCUT2D eigenvalue weighted by Gasteiger charge is -2.14. The summed E-state index contributed by atoms with van der Waals surface area (Å²) >= 11 is 0. The van der Waals surface area contributed by atoms with Crippen molar-refractivity contribution < 1.29 is 9.66 Å². The molecule has 1 aromatic heterocycles. The van der Waals surface area contributed by atoms with Crippen LogP contribution in [0.25, 0.3) is 11.3 Å². The molecule has 0 unspecified atom stereocenters. The minimum Gasteiger partial charge on any atom is -0.383 e. The van der Waals surface area contributed by atoms with Crippen LogP contribution in [-0.4, -0.2) is 23.2 Å². The molecular formula is C15H17N3O4. The van der Waals surface area contributed by atoms with Crippen molar-refractivity contribution in [3.8, 4) is 11.3 Å². The van der Waals surface area contributed by atoms with Gasteiger partial charge in [0.25, 0.3) is 11.2 Å².